The smallest absolute Gasteiger partial charge is 0.338 e. The summed E-state index contributed by atoms with van der Waals surface area (Å²) < 4.78 is 62.1. The second-order valence-corrected chi connectivity index (χ2v) is 3.71. The van der Waals surface area contributed by atoms with Crippen molar-refractivity contribution < 1.29 is 26.7 Å². The molecule has 0 saturated carbocycles. The molecule has 0 aliphatic carbocycles. The molecule has 0 atom stereocenters. The first kappa shape index (κ1) is 14.4. The van der Waals surface area contributed by atoms with E-state index in [2.05, 4.69) is 0 Å². The predicted octanol–water partition coefficient (Wildman–Crippen LogP) is 2.53. The van der Waals surface area contributed by atoms with Gasteiger partial charge < -0.3 is 4.90 Å². The van der Waals surface area contributed by atoms with Gasteiger partial charge in [-0.25, -0.2) is 8.78 Å². The number of carbonyl (C=O) groups is 1. The van der Waals surface area contributed by atoms with Crippen LogP contribution in [0.25, 0.3) is 0 Å². The van der Waals surface area contributed by atoms with Crippen molar-refractivity contribution in [3.63, 3.8) is 0 Å². The van der Waals surface area contributed by atoms with Gasteiger partial charge in [0, 0.05) is 13.6 Å². The average Bonchev–Trinajstić information content (AvgIpc) is 2.27. The van der Waals surface area contributed by atoms with Crippen LogP contribution < -0.4 is 0 Å². The number of amides is 1. The van der Waals surface area contributed by atoms with Crippen LogP contribution in [-0.2, 0) is 11.2 Å². The minimum Gasteiger partial charge on any atom is -0.338 e. The lowest BCUT2D eigenvalue weighted by Gasteiger charge is -2.18. The van der Waals surface area contributed by atoms with Crippen LogP contribution >= 0.6 is 0 Å². The summed E-state index contributed by atoms with van der Waals surface area (Å²) in [5, 5.41) is 0. The molecule has 100 valence electrons. The molecule has 0 spiro atoms. The number of halogens is 5. The van der Waals surface area contributed by atoms with Gasteiger partial charge in [-0.15, -0.1) is 0 Å². The van der Waals surface area contributed by atoms with Crippen LogP contribution in [-0.4, -0.2) is 30.6 Å². The molecule has 7 heteroatoms. The Morgan fingerprint density at radius 1 is 1.28 bits per heavy atom. The highest BCUT2D eigenvalue weighted by atomic mass is 19.4. The molecule has 0 aliphatic rings. The molecule has 0 N–H and O–H groups in total. The minimum absolute atomic E-state index is 0.0724. The summed E-state index contributed by atoms with van der Waals surface area (Å²) in [6, 6.07) is 2.68. The van der Waals surface area contributed by atoms with Crippen molar-refractivity contribution in [2.75, 3.05) is 13.6 Å². The molecule has 0 aliphatic heterocycles. The molecule has 18 heavy (non-hydrogen) atoms. The number of hydrogen-bond acceptors (Lipinski definition) is 1. The van der Waals surface area contributed by atoms with E-state index in [9.17, 15) is 26.7 Å². The van der Waals surface area contributed by atoms with Crippen LogP contribution in [0.2, 0.25) is 0 Å². The van der Waals surface area contributed by atoms with E-state index >= 15 is 0 Å². The third-order valence-electron chi connectivity index (χ3n) is 2.31. The highest BCUT2D eigenvalue weighted by Crippen LogP contribution is 2.18. The molecule has 0 aromatic heterocycles. The Labute approximate surface area is 100 Å². The van der Waals surface area contributed by atoms with Gasteiger partial charge in [0.2, 0.25) is 0 Å². The highest BCUT2D eigenvalue weighted by Gasteiger charge is 2.40. The summed E-state index contributed by atoms with van der Waals surface area (Å²) in [5.74, 6) is -3.42. The Kier molecular flexibility index (Phi) is 4.26. The van der Waals surface area contributed by atoms with Crippen LogP contribution in [0.5, 0.6) is 0 Å². The Bertz CT molecular complexity index is 444. The number of likely N-dealkylation sites (N-methyl/N-ethyl adjacent to an activating group) is 1. The maximum atomic E-state index is 13.2. The summed E-state index contributed by atoms with van der Waals surface area (Å²) in [4.78, 5) is 11.2. The van der Waals surface area contributed by atoms with E-state index in [0.717, 1.165) is 25.2 Å². The molecule has 0 heterocycles. The SMILES string of the molecule is CN(CCc1cc(F)ccc1F)C(=O)C(F)(F)F. The quantitative estimate of drug-likeness (QED) is 0.771. The van der Waals surface area contributed by atoms with Gasteiger partial charge in [-0.05, 0) is 30.2 Å². The second kappa shape index (κ2) is 5.32. The molecule has 0 saturated heterocycles. The molecule has 1 amide bonds. The number of hydrogen-bond donors (Lipinski definition) is 0. The van der Waals surface area contributed by atoms with Crippen molar-refractivity contribution in [1.82, 2.24) is 4.90 Å². The molecule has 2 nitrogen and oxygen atoms in total. The van der Waals surface area contributed by atoms with Crippen LogP contribution in [0.3, 0.4) is 0 Å². The number of benzene rings is 1. The van der Waals surface area contributed by atoms with Crippen LogP contribution in [0.1, 0.15) is 5.56 Å². The summed E-state index contributed by atoms with van der Waals surface area (Å²) in [7, 11) is 0.951. The van der Waals surface area contributed by atoms with Gasteiger partial charge >= 0.3 is 12.1 Å². The van der Waals surface area contributed by atoms with Crippen LogP contribution in [0, 0.1) is 11.6 Å². The minimum atomic E-state index is -4.96. The Balaban J connectivity index is 2.65. The standard InChI is InChI=1S/C11H10F5NO/c1-17(10(18)11(14,15)16)5-4-7-6-8(12)2-3-9(7)13/h2-3,6H,4-5H2,1H3. The topological polar surface area (TPSA) is 20.3 Å². The van der Waals surface area contributed by atoms with Crippen molar-refractivity contribution in [1.29, 1.82) is 0 Å². The van der Waals surface area contributed by atoms with Crippen molar-refractivity contribution >= 4 is 5.91 Å². The Morgan fingerprint density at radius 2 is 1.89 bits per heavy atom. The lowest BCUT2D eigenvalue weighted by atomic mass is 10.1. The average molecular weight is 267 g/mol. The van der Waals surface area contributed by atoms with Crippen LogP contribution in [0.4, 0.5) is 22.0 Å². The number of alkyl halides is 3. The molecule has 1 aromatic rings. The molecule has 0 radical (unpaired) electrons. The third kappa shape index (κ3) is 3.68. The van der Waals surface area contributed by atoms with Crippen LogP contribution in [0.15, 0.2) is 18.2 Å². The highest BCUT2D eigenvalue weighted by molar-refractivity contribution is 5.81. The van der Waals surface area contributed by atoms with Gasteiger partial charge in [-0.3, -0.25) is 4.79 Å². The fourth-order valence-corrected chi connectivity index (χ4v) is 1.34. The lowest BCUT2D eigenvalue weighted by molar-refractivity contribution is -0.184. The summed E-state index contributed by atoms with van der Waals surface area (Å²) in [6.45, 7) is -0.348. The molecule has 1 aromatic carbocycles. The molecule has 0 fully saturated rings. The summed E-state index contributed by atoms with van der Waals surface area (Å²) >= 11 is 0. The molecular weight excluding hydrogens is 257 g/mol. The van der Waals surface area contributed by atoms with Gasteiger partial charge in [-0.2, -0.15) is 13.2 Å². The second-order valence-electron chi connectivity index (χ2n) is 3.71. The van der Waals surface area contributed by atoms with Crippen molar-refractivity contribution in [2.45, 2.75) is 12.6 Å². The molecule has 0 unspecified atom stereocenters. The summed E-state index contributed by atoms with van der Waals surface area (Å²) in [6.07, 6.45) is -5.16. The van der Waals surface area contributed by atoms with Gasteiger partial charge in [-0.1, -0.05) is 0 Å². The van der Waals surface area contributed by atoms with E-state index < -0.39 is 23.7 Å². The fraction of sp³-hybridized carbons (Fsp3) is 0.364. The Hall–Kier alpha value is -1.66. The van der Waals surface area contributed by atoms with E-state index in [1.54, 1.807) is 0 Å². The van der Waals surface area contributed by atoms with Gasteiger partial charge in [0.1, 0.15) is 11.6 Å². The zero-order valence-electron chi connectivity index (χ0n) is 9.39. The van der Waals surface area contributed by atoms with Gasteiger partial charge in [0.25, 0.3) is 0 Å². The first-order chi connectivity index (χ1) is 8.21. The van der Waals surface area contributed by atoms with E-state index in [1.807, 2.05) is 0 Å². The monoisotopic (exact) mass is 267 g/mol. The van der Waals surface area contributed by atoms with E-state index in [4.69, 9.17) is 0 Å². The van der Waals surface area contributed by atoms with Gasteiger partial charge in [0.05, 0.1) is 0 Å². The lowest BCUT2D eigenvalue weighted by Crippen LogP contribution is -2.39. The zero-order valence-corrected chi connectivity index (χ0v) is 9.39. The molecule has 1 rings (SSSR count). The third-order valence-corrected chi connectivity index (χ3v) is 2.31. The molecule has 0 bridgehead atoms. The fourth-order valence-electron chi connectivity index (χ4n) is 1.34. The largest absolute Gasteiger partial charge is 0.471 e. The normalized spacial score (nSPS) is 11.4. The first-order valence-corrected chi connectivity index (χ1v) is 4.98. The van der Waals surface area contributed by atoms with E-state index in [1.165, 1.54) is 0 Å². The number of carbonyl (C=O) groups excluding carboxylic acids is 1. The van der Waals surface area contributed by atoms with Crippen molar-refractivity contribution in [3.8, 4) is 0 Å². The van der Waals surface area contributed by atoms with E-state index in [-0.39, 0.29) is 18.5 Å². The zero-order chi connectivity index (χ0) is 13.9. The van der Waals surface area contributed by atoms with Gasteiger partial charge in [0.15, 0.2) is 0 Å². The summed E-state index contributed by atoms with van der Waals surface area (Å²) in [5.41, 5.74) is -0.0724. The Morgan fingerprint density at radius 3 is 2.44 bits per heavy atom. The van der Waals surface area contributed by atoms with Crippen molar-refractivity contribution in [3.05, 3.63) is 35.4 Å². The predicted molar refractivity (Wildman–Crippen MR) is 53.8 cm³/mol. The van der Waals surface area contributed by atoms with Crippen molar-refractivity contribution in [2.24, 2.45) is 0 Å². The maximum Gasteiger partial charge on any atom is 0.471 e. The maximum absolute atomic E-state index is 13.2. The number of nitrogens with zero attached hydrogens (tertiary/aromatic N) is 1. The number of rotatable bonds is 3. The molecular formula is C11H10F5NO. The van der Waals surface area contributed by atoms with E-state index in [0.29, 0.717) is 4.90 Å². The first-order valence-electron chi connectivity index (χ1n) is 4.98.